The van der Waals surface area contributed by atoms with Gasteiger partial charge in [0.05, 0.1) is 10.6 Å². The molecule has 0 aliphatic rings. The Bertz CT molecular complexity index is 1660. The molecule has 4 aromatic carbocycles. The van der Waals surface area contributed by atoms with E-state index in [1.807, 2.05) is 87.5 Å². The molecule has 1 N–H and O–H groups in total. The highest BCUT2D eigenvalue weighted by atomic mass is 79.9. The molecule has 224 valence electrons. The van der Waals surface area contributed by atoms with Gasteiger partial charge in [0.25, 0.3) is 10.0 Å². The summed E-state index contributed by atoms with van der Waals surface area (Å²) in [5, 5.41) is 2.88. The fraction of sp³-hybridized carbons (Fsp3) is 0.235. The van der Waals surface area contributed by atoms with Crippen LogP contribution in [0.4, 0.5) is 5.69 Å². The average molecular weight is 663 g/mol. The molecule has 0 heterocycles. The summed E-state index contributed by atoms with van der Waals surface area (Å²) in [7, 11) is -4.14. The molecule has 4 rings (SSSR count). The summed E-state index contributed by atoms with van der Waals surface area (Å²) >= 11 is 3.50. The topological polar surface area (TPSA) is 86.8 Å². The lowest BCUT2D eigenvalue weighted by molar-refractivity contribution is -0.140. The van der Waals surface area contributed by atoms with Crippen molar-refractivity contribution in [3.8, 4) is 0 Å². The van der Waals surface area contributed by atoms with E-state index in [-0.39, 0.29) is 23.8 Å². The second kappa shape index (κ2) is 14.5. The molecule has 0 saturated carbocycles. The van der Waals surface area contributed by atoms with Gasteiger partial charge in [0.15, 0.2) is 0 Å². The molecule has 0 saturated heterocycles. The number of halogens is 1. The first kappa shape index (κ1) is 32.0. The van der Waals surface area contributed by atoms with Crippen LogP contribution in [0, 0.1) is 13.8 Å². The lowest BCUT2D eigenvalue weighted by atomic mass is 10.0. The minimum absolute atomic E-state index is 0.0808. The average Bonchev–Trinajstić information content (AvgIpc) is 2.99. The fourth-order valence-corrected chi connectivity index (χ4v) is 6.80. The number of anilines is 1. The van der Waals surface area contributed by atoms with Crippen molar-refractivity contribution in [2.24, 2.45) is 0 Å². The zero-order chi connectivity index (χ0) is 31.0. The molecule has 1 unspecified atom stereocenters. The van der Waals surface area contributed by atoms with Gasteiger partial charge in [-0.3, -0.25) is 13.9 Å². The van der Waals surface area contributed by atoms with Gasteiger partial charge in [-0.1, -0.05) is 94.3 Å². The molecule has 9 heteroatoms. The Morgan fingerprint density at radius 3 is 2.14 bits per heavy atom. The minimum atomic E-state index is -4.14. The monoisotopic (exact) mass is 661 g/mol. The van der Waals surface area contributed by atoms with Crippen molar-refractivity contribution in [2.45, 2.75) is 44.7 Å². The van der Waals surface area contributed by atoms with Crippen LogP contribution in [-0.4, -0.2) is 44.3 Å². The van der Waals surface area contributed by atoms with Crippen molar-refractivity contribution >= 4 is 43.5 Å². The molecule has 43 heavy (non-hydrogen) atoms. The van der Waals surface area contributed by atoms with E-state index in [0.29, 0.717) is 17.8 Å². The van der Waals surface area contributed by atoms with E-state index in [0.717, 1.165) is 25.5 Å². The number of aryl methyl sites for hydroxylation is 2. The number of hydrogen-bond acceptors (Lipinski definition) is 4. The van der Waals surface area contributed by atoms with Crippen LogP contribution in [0.3, 0.4) is 0 Å². The summed E-state index contributed by atoms with van der Waals surface area (Å²) in [6.45, 7) is 5.53. The molecule has 0 aliphatic carbocycles. The molecule has 0 aromatic heterocycles. The summed E-state index contributed by atoms with van der Waals surface area (Å²) in [6.07, 6.45) is 0.265. The summed E-state index contributed by atoms with van der Waals surface area (Å²) in [5.41, 5.74) is 3.71. The molecular weight excluding hydrogens is 626 g/mol. The van der Waals surface area contributed by atoms with E-state index in [2.05, 4.69) is 21.2 Å². The predicted octanol–water partition coefficient (Wildman–Crippen LogP) is 6.04. The van der Waals surface area contributed by atoms with Gasteiger partial charge in [-0.05, 0) is 67.8 Å². The predicted molar refractivity (Wildman–Crippen MR) is 174 cm³/mol. The van der Waals surface area contributed by atoms with E-state index in [1.54, 1.807) is 36.4 Å². The molecule has 7 nitrogen and oxygen atoms in total. The van der Waals surface area contributed by atoms with Crippen molar-refractivity contribution in [3.63, 3.8) is 0 Å². The van der Waals surface area contributed by atoms with Crippen LogP contribution in [0.5, 0.6) is 0 Å². The van der Waals surface area contributed by atoms with Gasteiger partial charge >= 0.3 is 0 Å². The molecule has 0 fully saturated rings. The number of sulfonamides is 1. The quantitative estimate of drug-likeness (QED) is 0.201. The number of nitrogens with one attached hydrogen (secondary N) is 1. The third-order valence-electron chi connectivity index (χ3n) is 7.14. The molecule has 1 atom stereocenters. The Balaban J connectivity index is 1.80. The summed E-state index contributed by atoms with van der Waals surface area (Å²) in [6, 6.07) is 29.8. The molecule has 0 radical (unpaired) electrons. The van der Waals surface area contributed by atoms with E-state index in [4.69, 9.17) is 0 Å². The van der Waals surface area contributed by atoms with Gasteiger partial charge < -0.3 is 10.2 Å². The van der Waals surface area contributed by atoms with E-state index < -0.39 is 28.5 Å². The second-order valence-electron chi connectivity index (χ2n) is 10.4. The number of para-hydroxylation sites is 1. The number of hydrogen-bond donors (Lipinski definition) is 1. The SMILES string of the molecule is CCNC(=O)C(Cc1ccccc1)N(Cc1cccc(Br)c1)C(=O)CN(c1ccccc1C)S(=O)(=O)c1ccc(C)cc1. The van der Waals surface area contributed by atoms with Crippen LogP contribution in [0.1, 0.15) is 29.2 Å². The summed E-state index contributed by atoms with van der Waals surface area (Å²) in [5.74, 6) is -0.801. The number of carbonyl (C=O) groups is 2. The van der Waals surface area contributed by atoms with Crippen molar-refractivity contribution in [1.29, 1.82) is 0 Å². The Morgan fingerprint density at radius 1 is 0.837 bits per heavy atom. The highest BCUT2D eigenvalue weighted by Gasteiger charge is 2.34. The summed E-state index contributed by atoms with van der Waals surface area (Å²) in [4.78, 5) is 29.6. The molecular formula is C34H36BrN3O4S. The van der Waals surface area contributed by atoms with Gasteiger partial charge in [0.2, 0.25) is 11.8 Å². The third-order valence-corrected chi connectivity index (χ3v) is 9.40. The van der Waals surface area contributed by atoms with Crippen LogP contribution in [0.2, 0.25) is 0 Å². The largest absolute Gasteiger partial charge is 0.355 e. The zero-order valence-corrected chi connectivity index (χ0v) is 26.9. The maximum absolute atomic E-state index is 14.4. The van der Waals surface area contributed by atoms with E-state index in [1.165, 1.54) is 4.90 Å². The highest BCUT2D eigenvalue weighted by Crippen LogP contribution is 2.28. The van der Waals surface area contributed by atoms with Crippen molar-refractivity contribution < 1.29 is 18.0 Å². The highest BCUT2D eigenvalue weighted by molar-refractivity contribution is 9.10. The first-order chi connectivity index (χ1) is 20.6. The van der Waals surface area contributed by atoms with E-state index in [9.17, 15) is 18.0 Å². The summed E-state index contributed by atoms with van der Waals surface area (Å²) < 4.78 is 30.2. The molecule has 4 aromatic rings. The van der Waals surface area contributed by atoms with Crippen LogP contribution < -0.4 is 9.62 Å². The third kappa shape index (κ3) is 8.12. The number of amides is 2. The van der Waals surface area contributed by atoms with Crippen molar-refractivity contribution in [1.82, 2.24) is 10.2 Å². The number of nitrogens with zero attached hydrogens (tertiary/aromatic N) is 2. The first-order valence-corrected chi connectivity index (χ1v) is 16.3. The number of likely N-dealkylation sites (N-methyl/N-ethyl adjacent to an activating group) is 1. The maximum Gasteiger partial charge on any atom is 0.264 e. The van der Waals surface area contributed by atoms with Gasteiger partial charge in [-0.25, -0.2) is 8.42 Å². The fourth-order valence-electron chi connectivity index (χ4n) is 4.87. The van der Waals surface area contributed by atoms with Crippen LogP contribution in [0.15, 0.2) is 112 Å². The first-order valence-electron chi connectivity index (χ1n) is 14.1. The minimum Gasteiger partial charge on any atom is -0.355 e. The normalized spacial score (nSPS) is 11.9. The van der Waals surface area contributed by atoms with Crippen molar-refractivity contribution in [2.75, 3.05) is 17.4 Å². The lowest BCUT2D eigenvalue weighted by Gasteiger charge is -2.34. The zero-order valence-electron chi connectivity index (χ0n) is 24.5. The Hall–Kier alpha value is -3.95. The van der Waals surface area contributed by atoms with Gasteiger partial charge in [-0.15, -0.1) is 0 Å². The van der Waals surface area contributed by atoms with Crippen LogP contribution in [-0.2, 0) is 32.6 Å². The standard InChI is InChI=1S/C34H36BrN3O4S/c1-4-36-34(40)32(22-27-12-6-5-7-13-27)37(23-28-14-10-15-29(35)21-28)33(39)24-38(31-16-9-8-11-26(31)3)43(41,42)30-19-17-25(2)18-20-30/h5-21,32H,4,22-24H2,1-3H3,(H,36,40). The lowest BCUT2D eigenvalue weighted by Crippen LogP contribution is -2.53. The second-order valence-corrected chi connectivity index (χ2v) is 13.1. The van der Waals surface area contributed by atoms with Crippen LogP contribution in [0.25, 0.3) is 0 Å². The van der Waals surface area contributed by atoms with Gasteiger partial charge in [0.1, 0.15) is 12.6 Å². The van der Waals surface area contributed by atoms with Crippen LogP contribution >= 0.6 is 15.9 Å². The van der Waals surface area contributed by atoms with E-state index >= 15 is 0 Å². The number of benzene rings is 4. The Labute approximate surface area is 262 Å². The molecule has 0 bridgehead atoms. The van der Waals surface area contributed by atoms with Gasteiger partial charge in [-0.2, -0.15) is 0 Å². The van der Waals surface area contributed by atoms with Gasteiger partial charge in [0, 0.05) is 24.0 Å². The Morgan fingerprint density at radius 2 is 1.49 bits per heavy atom. The maximum atomic E-state index is 14.4. The molecule has 2 amide bonds. The Kier molecular flexibility index (Phi) is 10.8. The number of rotatable bonds is 12. The molecule has 0 aliphatic heterocycles. The smallest absolute Gasteiger partial charge is 0.264 e. The molecule has 0 spiro atoms. The van der Waals surface area contributed by atoms with Crippen molar-refractivity contribution in [3.05, 3.63) is 130 Å². The number of carbonyl (C=O) groups excluding carboxylic acids is 2.